The predicted octanol–water partition coefficient (Wildman–Crippen LogP) is 0.537. The number of nitrogens with two attached hydrogens (primary N) is 1. The van der Waals surface area contributed by atoms with Gasteiger partial charge in [-0.25, -0.2) is 0 Å². The van der Waals surface area contributed by atoms with Crippen molar-refractivity contribution in [2.75, 3.05) is 33.4 Å². The molecule has 3 N–H and O–H groups in total. The summed E-state index contributed by atoms with van der Waals surface area (Å²) >= 11 is 0. The van der Waals surface area contributed by atoms with E-state index in [2.05, 4.69) is 12.2 Å². The summed E-state index contributed by atoms with van der Waals surface area (Å²) in [6.07, 6.45) is 3.32. The highest BCUT2D eigenvalue weighted by atomic mass is 35.5. The minimum Gasteiger partial charge on any atom is -0.383 e. The Morgan fingerprint density at radius 1 is 1.57 bits per heavy atom. The molecule has 7 heteroatoms. The van der Waals surface area contributed by atoms with Crippen LogP contribution in [-0.4, -0.2) is 56.1 Å². The zero-order chi connectivity index (χ0) is 15.0. The number of amides is 2. The largest absolute Gasteiger partial charge is 0.383 e. The van der Waals surface area contributed by atoms with Crippen molar-refractivity contribution in [2.24, 2.45) is 11.7 Å². The molecule has 1 heterocycles. The number of halogens is 1. The number of ether oxygens (including phenoxy) is 1. The molecular formula is C14H28ClN3O3. The van der Waals surface area contributed by atoms with Gasteiger partial charge in [-0.3, -0.25) is 9.59 Å². The molecule has 1 rings (SSSR count). The number of likely N-dealkylation sites (tertiary alicyclic amines) is 1. The van der Waals surface area contributed by atoms with E-state index in [9.17, 15) is 9.59 Å². The van der Waals surface area contributed by atoms with Gasteiger partial charge in [0.25, 0.3) is 0 Å². The molecule has 0 radical (unpaired) electrons. The molecule has 0 saturated carbocycles. The first-order chi connectivity index (χ1) is 9.62. The van der Waals surface area contributed by atoms with Crippen LogP contribution in [0.1, 0.15) is 32.6 Å². The third kappa shape index (κ3) is 6.63. The van der Waals surface area contributed by atoms with Gasteiger partial charge in [-0.1, -0.05) is 19.8 Å². The van der Waals surface area contributed by atoms with Gasteiger partial charge in [0.05, 0.1) is 12.5 Å². The second-order valence-electron chi connectivity index (χ2n) is 5.32. The first-order valence-electron chi connectivity index (χ1n) is 7.39. The number of nitrogens with zero attached hydrogens (tertiary/aromatic N) is 1. The van der Waals surface area contributed by atoms with Crippen molar-refractivity contribution in [1.82, 2.24) is 10.2 Å². The van der Waals surface area contributed by atoms with E-state index < -0.39 is 0 Å². The van der Waals surface area contributed by atoms with Crippen LogP contribution < -0.4 is 11.1 Å². The van der Waals surface area contributed by atoms with Crippen LogP contribution in [-0.2, 0) is 14.3 Å². The number of hydrogen-bond donors (Lipinski definition) is 2. The molecule has 0 aromatic rings. The minimum absolute atomic E-state index is 0. The summed E-state index contributed by atoms with van der Waals surface area (Å²) in [5.74, 6) is -0.278. The van der Waals surface area contributed by atoms with Gasteiger partial charge in [0, 0.05) is 39.2 Å². The summed E-state index contributed by atoms with van der Waals surface area (Å²) in [6.45, 7) is 4.09. The first kappa shape index (κ1) is 20.1. The maximum absolute atomic E-state index is 12.2. The van der Waals surface area contributed by atoms with E-state index in [1.54, 1.807) is 12.0 Å². The molecule has 124 valence electrons. The van der Waals surface area contributed by atoms with Crippen molar-refractivity contribution in [3.8, 4) is 0 Å². The molecule has 0 aromatic heterocycles. The summed E-state index contributed by atoms with van der Waals surface area (Å²) in [5, 5.41) is 2.97. The van der Waals surface area contributed by atoms with Gasteiger partial charge in [-0.05, 0) is 6.42 Å². The van der Waals surface area contributed by atoms with Crippen LogP contribution in [0.4, 0.5) is 0 Å². The fourth-order valence-corrected chi connectivity index (χ4v) is 2.38. The third-order valence-electron chi connectivity index (χ3n) is 3.69. The van der Waals surface area contributed by atoms with Crippen molar-refractivity contribution in [3.63, 3.8) is 0 Å². The Labute approximate surface area is 133 Å². The number of nitrogens with one attached hydrogen (secondary N) is 1. The Morgan fingerprint density at radius 2 is 2.29 bits per heavy atom. The molecule has 2 unspecified atom stereocenters. The molecule has 1 aliphatic heterocycles. The summed E-state index contributed by atoms with van der Waals surface area (Å²) in [7, 11) is 1.60. The SMILES string of the molecule is CCCCC(CN)NC(=O)C1CC(=O)N(CCOC)C1.Cl. The van der Waals surface area contributed by atoms with Crippen molar-refractivity contribution in [1.29, 1.82) is 0 Å². The van der Waals surface area contributed by atoms with Crippen molar-refractivity contribution in [2.45, 2.75) is 38.6 Å². The normalized spacial score (nSPS) is 19.3. The lowest BCUT2D eigenvalue weighted by molar-refractivity contribution is -0.129. The monoisotopic (exact) mass is 321 g/mol. The number of carbonyl (C=O) groups excluding carboxylic acids is 2. The Bertz CT molecular complexity index is 329. The second-order valence-corrected chi connectivity index (χ2v) is 5.32. The highest BCUT2D eigenvalue weighted by molar-refractivity contribution is 5.89. The van der Waals surface area contributed by atoms with E-state index in [0.29, 0.717) is 32.7 Å². The van der Waals surface area contributed by atoms with Crippen LogP contribution in [0.15, 0.2) is 0 Å². The van der Waals surface area contributed by atoms with Gasteiger partial charge in [0.2, 0.25) is 11.8 Å². The number of hydrogen-bond acceptors (Lipinski definition) is 4. The Hall–Kier alpha value is -0.850. The topological polar surface area (TPSA) is 84.7 Å². The molecule has 1 aliphatic rings. The molecule has 0 bridgehead atoms. The lowest BCUT2D eigenvalue weighted by atomic mass is 10.1. The van der Waals surface area contributed by atoms with E-state index in [-0.39, 0.29) is 36.2 Å². The summed E-state index contributed by atoms with van der Waals surface area (Å²) in [4.78, 5) is 25.6. The molecule has 1 saturated heterocycles. The van der Waals surface area contributed by atoms with Crippen molar-refractivity contribution < 1.29 is 14.3 Å². The van der Waals surface area contributed by atoms with Crippen LogP contribution in [0.5, 0.6) is 0 Å². The molecule has 6 nitrogen and oxygen atoms in total. The van der Waals surface area contributed by atoms with E-state index in [4.69, 9.17) is 10.5 Å². The van der Waals surface area contributed by atoms with Gasteiger partial charge in [0.15, 0.2) is 0 Å². The summed E-state index contributed by atoms with van der Waals surface area (Å²) < 4.78 is 4.96. The van der Waals surface area contributed by atoms with E-state index >= 15 is 0 Å². The molecule has 0 aliphatic carbocycles. The van der Waals surface area contributed by atoms with Gasteiger partial charge in [0.1, 0.15) is 0 Å². The lowest BCUT2D eigenvalue weighted by Crippen LogP contribution is -2.43. The highest BCUT2D eigenvalue weighted by Crippen LogP contribution is 2.18. The van der Waals surface area contributed by atoms with E-state index in [1.165, 1.54) is 0 Å². The van der Waals surface area contributed by atoms with Crippen molar-refractivity contribution >= 4 is 24.2 Å². The molecule has 2 atom stereocenters. The molecule has 21 heavy (non-hydrogen) atoms. The zero-order valence-electron chi connectivity index (χ0n) is 13.0. The van der Waals surface area contributed by atoms with Crippen LogP contribution in [0.25, 0.3) is 0 Å². The maximum Gasteiger partial charge on any atom is 0.225 e. The molecule has 0 aromatic carbocycles. The van der Waals surface area contributed by atoms with Gasteiger partial charge in [-0.15, -0.1) is 12.4 Å². The summed E-state index contributed by atoms with van der Waals surface area (Å²) in [6, 6.07) is 0.0191. The predicted molar refractivity (Wildman–Crippen MR) is 84.3 cm³/mol. The molecule has 2 amide bonds. The van der Waals surface area contributed by atoms with Crippen LogP contribution in [0.3, 0.4) is 0 Å². The van der Waals surface area contributed by atoms with E-state index in [1.807, 2.05) is 0 Å². The fraction of sp³-hybridized carbons (Fsp3) is 0.857. The van der Waals surface area contributed by atoms with Crippen LogP contribution in [0.2, 0.25) is 0 Å². The van der Waals surface area contributed by atoms with Gasteiger partial charge in [-0.2, -0.15) is 0 Å². The Kier molecular flexibility index (Phi) is 10.4. The number of methoxy groups -OCH3 is 1. The zero-order valence-corrected chi connectivity index (χ0v) is 13.8. The van der Waals surface area contributed by atoms with Crippen LogP contribution >= 0.6 is 12.4 Å². The highest BCUT2D eigenvalue weighted by Gasteiger charge is 2.34. The average molecular weight is 322 g/mol. The summed E-state index contributed by atoms with van der Waals surface area (Å²) in [5.41, 5.74) is 5.67. The Morgan fingerprint density at radius 3 is 2.86 bits per heavy atom. The number of rotatable bonds is 9. The fourth-order valence-electron chi connectivity index (χ4n) is 2.38. The Balaban J connectivity index is 0.00000400. The smallest absolute Gasteiger partial charge is 0.225 e. The standard InChI is InChI=1S/C14H27N3O3.ClH/c1-3-4-5-12(9-15)16-14(19)11-8-13(18)17(10-11)6-7-20-2;/h11-12H,3-10,15H2,1-2H3,(H,16,19);1H. The number of carbonyl (C=O) groups is 2. The lowest BCUT2D eigenvalue weighted by Gasteiger charge is -2.19. The minimum atomic E-state index is -0.255. The van der Waals surface area contributed by atoms with Crippen LogP contribution in [0, 0.1) is 5.92 Å². The first-order valence-corrected chi connectivity index (χ1v) is 7.39. The average Bonchev–Trinajstić information content (AvgIpc) is 2.82. The molecule has 0 spiro atoms. The third-order valence-corrected chi connectivity index (χ3v) is 3.69. The quantitative estimate of drug-likeness (QED) is 0.649. The molecule has 1 fully saturated rings. The molecular weight excluding hydrogens is 294 g/mol. The van der Waals surface area contributed by atoms with Gasteiger partial charge < -0.3 is 20.7 Å². The number of unbranched alkanes of at least 4 members (excludes halogenated alkanes) is 1. The van der Waals surface area contributed by atoms with E-state index in [0.717, 1.165) is 19.3 Å². The van der Waals surface area contributed by atoms with Crippen molar-refractivity contribution in [3.05, 3.63) is 0 Å². The second kappa shape index (κ2) is 10.8. The maximum atomic E-state index is 12.2. The van der Waals surface area contributed by atoms with Gasteiger partial charge >= 0.3 is 0 Å².